The van der Waals surface area contributed by atoms with Crippen LogP contribution in [0.25, 0.3) is 0 Å². The second-order valence-electron chi connectivity index (χ2n) is 12.3. The molecule has 2 amide bonds. The summed E-state index contributed by atoms with van der Waals surface area (Å²) in [6.45, 7) is 8.65. The van der Waals surface area contributed by atoms with E-state index in [1.54, 1.807) is 6.07 Å². The van der Waals surface area contributed by atoms with Crippen LogP contribution in [0.2, 0.25) is 0 Å². The number of hydrogen-bond acceptors (Lipinski definition) is 8. The number of aliphatic imine (C=N–C) groups is 1. The third kappa shape index (κ3) is 11.1. The van der Waals surface area contributed by atoms with Crippen LogP contribution in [0.5, 0.6) is 0 Å². The summed E-state index contributed by atoms with van der Waals surface area (Å²) in [5, 5.41) is 15.8. The monoisotopic (exact) mass is 590 g/mol. The van der Waals surface area contributed by atoms with Crippen LogP contribution in [0.15, 0.2) is 17.1 Å². The van der Waals surface area contributed by atoms with Crippen LogP contribution in [-0.2, 0) is 20.7 Å². The van der Waals surface area contributed by atoms with E-state index in [1.165, 1.54) is 30.6 Å². The number of hydrogen-bond donors (Lipinski definition) is 4. The maximum absolute atomic E-state index is 12.6. The zero-order valence-electron chi connectivity index (χ0n) is 24.6. The first-order valence-electron chi connectivity index (χ1n) is 14.8. The van der Waals surface area contributed by atoms with Crippen LogP contribution in [0.3, 0.4) is 0 Å². The van der Waals surface area contributed by atoms with E-state index in [-0.39, 0.29) is 29.6 Å². The fourth-order valence-corrected chi connectivity index (χ4v) is 7.49. The van der Waals surface area contributed by atoms with Crippen molar-refractivity contribution in [3.63, 3.8) is 0 Å². The standard InChI is InChI=1S/C29H44N4O4S.CH2O2/c1-19-11-21-13-22(12-19)16-29(3,15-21)18-37-28(36)33-20(2)17-32-27(35)25-8-7-24(38-25)6-5-23(34)14-26-30-9-4-10-31-26;2-1-3/h7-8,19-22H,4-6,9-18H2,1-3H3,(H,30,31)(H,32,35)(H,33,36);1H,(H,2,3). The van der Waals surface area contributed by atoms with E-state index in [4.69, 9.17) is 14.6 Å². The maximum atomic E-state index is 12.6. The van der Waals surface area contributed by atoms with Gasteiger partial charge in [-0.2, -0.15) is 0 Å². The minimum atomic E-state index is -0.422. The summed E-state index contributed by atoms with van der Waals surface area (Å²) >= 11 is 1.40. The minimum Gasteiger partial charge on any atom is -0.483 e. The molecule has 0 spiro atoms. The second-order valence-corrected chi connectivity index (χ2v) is 13.5. The van der Waals surface area contributed by atoms with Gasteiger partial charge in [0, 0.05) is 42.4 Å². The Morgan fingerprint density at radius 2 is 1.95 bits per heavy atom. The van der Waals surface area contributed by atoms with Crippen molar-refractivity contribution >= 4 is 41.4 Å². The number of fused-ring (bicyclic) bond motifs is 2. The molecule has 41 heavy (non-hydrogen) atoms. The van der Waals surface area contributed by atoms with Gasteiger partial charge in [-0.05, 0) is 81.8 Å². The Kier molecular flexibility index (Phi) is 12.6. The smallest absolute Gasteiger partial charge is 0.407 e. The summed E-state index contributed by atoms with van der Waals surface area (Å²) in [5.74, 6) is 3.10. The third-order valence-electron chi connectivity index (χ3n) is 8.05. The number of alkyl carbamates (subject to hydrolysis) is 1. The summed E-state index contributed by atoms with van der Waals surface area (Å²) in [6, 6.07) is 3.45. The Bertz CT molecular complexity index is 1060. The fraction of sp³-hybridized carbons (Fsp3) is 0.700. The summed E-state index contributed by atoms with van der Waals surface area (Å²) in [7, 11) is 0. The van der Waals surface area contributed by atoms with Crippen LogP contribution in [-0.4, -0.2) is 67.5 Å². The van der Waals surface area contributed by atoms with E-state index in [1.807, 2.05) is 13.0 Å². The lowest BCUT2D eigenvalue weighted by molar-refractivity contribution is -0.123. The van der Waals surface area contributed by atoms with Gasteiger partial charge < -0.3 is 25.8 Å². The first kappa shape index (κ1) is 32.6. The highest BCUT2D eigenvalue weighted by Crippen LogP contribution is 2.50. The Hall–Kier alpha value is -2.95. The lowest BCUT2D eigenvalue weighted by Gasteiger charge is -2.46. The van der Waals surface area contributed by atoms with Gasteiger partial charge in [0.15, 0.2) is 0 Å². The Labute approximate surface area is 247 Å². The zero-order chi connectivity index (χ0) is 29.8. The summed E-state index contributed by atoms with van der Waals surface area (Å²) in [5.41, 5.74) is 0.0605. The summed E-state index contributed by atoms with van der Waals surface area (Å²) in [4.78, 5) is 51.6. The van der Waals surface area contributed by atoms with Gasteiger partial charge >= 0.3 is 6.09 Å². The van der Waals surface area contributed by atoms with Crippen LogP contribution < -0.4 is 16.0 Å². The average molecular weight is 591 g/mol. The number of ketones is 1. The van der Waals surface area contributed by atoms with Crippen molar-refractivity contribution in [2.45, 2.75) is 84.6 Å². The molecule has 0 aromatic carbocycles. The Balaban J connectivity index is 0.00000147. The number of ether oxygens (including phenoxy) is 1. The van der Waals surface area contributed by atoms with E-state index in [0.29, 0.717) is 37.3 Å². The number of nitrogens with zero attached hydrogens (tertiary/aromatic N) is 1. The molecule has 4 rings (SSSR count). The number of amidine groups is 1. The van der Waals surface area contributed by atoms with Crippen LogP contribution in [0.1, 0.15) is 86.7 Å². The van der Waals surface area contributed by atoms with E-state index >= 15 is 0 Å². The largest absolute Gasteiger partial charge is 0.483 e. The Morgan fingerprint density at radius 1 is 1.24 bits per heavy atom. The van der Waals surface area contributed by atoms with Crippen LogP contribution in [0, 0.1) is 23.2 Å². The highest BCUT2D eigenvalue weighted by molar-refractivity contribution is 7.14. The van der Waals surface area contributed by atoms with Crippen molar-refractivity contribution in [1.82, 2.24) is 16.0 Å². The molecule has 1 aromatic rings. The molecule has 2 aliphatic carbocycles. The predicted octanol–water partition coefficient (Wildman–Crippen LogP) is 4.43. The van der Waals surface area contributed by atoms with Crippen molar-refractivity contribution in [2.24, 2.45) is 28.2 Å². The molecular weight excluding hydrogens is 544 g/mol. The van der Waals surface area contributed by atoms with Crippen molar-refractivity contribution in [3.05, 3.63) is 21.9 Å². The van der Waals surface area contributed by atoms with Gasteiger partial charge in [-0.25, -0.2) is 4.79 Å². The van der Waals surface area contributed by atoms with Crippen molar-refractivity contribution in [3.8, 4) is 0 Å². The average Bonchev–Trinajstić information content (AvgIpc) is 3.39. The van der Waals surface area contributed by atoms with Gasteiger partial charge in [-0.1, -0.05) is 13.8 Å². The molecule has 2 bridgehead atoms. The molecule has 2 heterocycles. The van der Waals surface area contributed by atoms with E-state index in [2.05, 4.69) is 34.8 Å². The van der Waals surface area contributed by atoms with Gasteiger partial charge in [-0.3, -0.25) is 19.4 Å². The summed E-state index contributed by atoms with van der Waals surface area (Å²) < 4.78 is 5.64. The highest BCUT2D eigenvalue weighted by atomic mass is 32.1. The molecule has 228 valence electrons. The number of rotatable bonds is 11. The topological polar surface area (TPSA) is 146 Å². The molecular formula is C30H46N4O6S. The normalized spacial score (nSPS) is 25.7. The van der Waals surface area contributed by atoms with Crippen LogP contribution in [0.4, 0.5) is 4.79 Å². The Morgan fingerprint density at radius 3 is 2.61 bits per heavy atom. The SMILES string of the molecule is CC1CC2CC(C1)CC(C)(COC(=O)NC(C)CNC(=O)c1ccc(CCC(=O)CC3=NCCCN3)s1)C2.O=CO. The van der Waals surface area contributed by atoms with E-state index in [0.717, 1.165) is 60.8 Å². The summed E-state index contributed by atoms with van der Waals surface area (Å²) in [6.07, 6.45) is 8.20. The molecule has 3 aliphatic rings. The van der Waals surface area contributed by atoms with Crippen molar-refractivity contribution < 1.29 is 29.0 Å². The number of amides is 2. The molecule has 2 fully saturated rings. The fourth-order valence-electron chi connectivity index (χ4n) is 6.57. The van der Waals surface area contributed by atoms with Gasteiger partial charge in [0.05, 0.1) is 17.9 Å². The first-order valence-corrected chi connectivity index (χ1v) is 15.6. The maximum Gasteiger partial charge on any atom is 0.407 e. The van der Waals surface area contributed by atoms with Crippen molar-refractivity contribution in [2.75, 3.05) is 26.2 Å². The molecule has 2 saturated carbocycles. The van der Waals surface area contributed by atoms with Gasteiger partial charge in [-0.15, -0.1) is 11.3 Å². The van der Waals surface area contributed by atoms with Gasteiger partial charge in [0.1, 0.15) is 11.6 Å². The lowest BCUT2D eigenvalue weighted by Crippen LogP contribution is -2.44. The molecule has 3 atom stereocenters. The molecule has 0 radical (unpaired) electrons. The molecule has 11 heteroatoms. The number of aryl methyl sites for hydroxylation is 1. The van der Waals surface area contributed by atoms with Gasteiger partial charge in [0.25, 0.3) is 12.4 Å². The number of thiophene rings is 1. The van der Waals surface area contributed by atoms with Crippen LogP contribution >= 0.6 is 11.3 Å². The molecule has 0 saturated heterocycles. The third-order valence-corrected chi connectivity index (χ3v) is 9.20. The zero-order valence-corrected chi connectivity index (χ0v) is 25.4. The number of carboxylic acid groups (broad SMARTS) is 1. The molecule has 3 unspecified atom stereocenters. The highest BCUT2D eigenvalue weighted by Gasteiger charge is 2.41. The first-order chi connectivity index (χ1) is 19.6. The quantitative estimate of drug-likeness (QED) is 0.279. The molecule has 10 nitrogen and oxygen atoms in total. The number of Topliss-reactive ketones (excluding diaryl/α,β-unsaturated/α-hetero) is 1. The van der Waals surface area contributed by atoms with Crippen molar-refractivity contribution in [1.29, 1.82) is 0 Å². The van der Waals surface area contributed by atoms with E-state index < -0.39 is 6.09 Å². The number of nitrogens with one attached hydrogen (secondary N) is 3. The van der Waals surface area contributed by atoms with Gasteiger partial charge in [0.2, 0.25) is 0 Å². The van der Waals surface area contributed by atoms with E-state index in [9.17, 15) is 14.4 Å². The minimum absolute atomic E-state index is 0.0605. The number of carbonyl (C=O) groups is 4. The molecule has 4 N–H and O–H groups in total. The molecule has 1 aliphatic heterocycles. The number of carbonyl (C=O) groups excluding carboxylic acids is 3. The lowest BCUT2D eigenvalue weighted by atomic mass is 9.60. The molecule has 1 aromatic heterocycles. The second kappa shape index (κ2) is 15.9. The predicted molar refractivity (Wildman–Crippen MR) is 159 cm³/mol.